The van der Waals surface area contributed by atoms with Gasteiger partial charge in [-0.2, -0.15) is 0 Å². The van der Waals surface area contributed by atoms with Gasteiger partial charge in [0.2, 0.25) is 0 Å². The maximum atomic E-state index is 5.75. The zero-order valence-corrected chi connectivity index (χ0v) is 14.0. The van der Waals surface area contributed by atoms with E-state index in [4.69, 9.17) is 9.47 Å². The predicted molar refractivity (Wildman–Crippen MR) is 89.8 cm³/mol. The Morgan fingerprint density at radius 1 is 1.14 bits per heavy atom. The summed E-state index contributed by atoms with van der Waals surface area (Å²) >= 11 is 1.90. The lowest BCUT2D eigenvalue weighted by molar-refractivity contribution is 0.297. The van der Waals surface area contributed by atoms with Crippen molar-refractivity contribution < 1.29 is 9.47 Å². The predicted octanol–water partition coefficient (Wildman–Crippen LogP) is 4.11. The number of ether oxygens (including phenoxy) is 2. The maximum Gasteiger partial charge on any atom is 0.162 e. The van der Waals surface area contributed by atoms with E-state index < -0.39 is 0 Å². The van der Waals surface area contributed by atoms with Crippen LogP contribution in [0.15, 0.2) is 23.1 Å². The van der Waals surface area contributed by atoms with Crippen LogP contribution in [-0.4, -0.2) is 31.6 Å². The van der Waals surface area contributed by atoms with Gasteiger partial charge in [0.15, 0.2) is 11.5 Å². The topological polar surface area (TPSA) is 30.5 Å². The van der Waals surface area contributed by atoms with E-state index >= 15 is 0 Å². The molecule has 0 bridgehead atoms. The summed E-state index contributed by atoms with van der Waals surface area (Å²) < 4.78 is 11.4. The molecule has 0 spiro atoms. The lowest BCUT2D eigenvalue weighted by atomic mass is 10.2. The van der Waals surface area contributed by atoms with Crippen LogP contribution < -0.4 is 14.8 Å². The van der Waals surface area contributed by atoms with Crippen LogP contribution in [0.5, 0.6) is 11.5 Å². The zero-order chi connectivity index (χ0) is 14.9. The van der Waals surface area contributed by atoms with Gasteiger partial charge in [-0.25, -0.2) is 0 Å². The Kier molecular flexibility index (Phi) is 7.24. The van der Waals surface area contributed by atoms with Crippen molar-refractivity contribution in [1.29, 1.82) is 0 Å². The lowest BCUT2D eigenvalue weighted by Crippen LogP contribution is -2.31. The highest BCUT2D eigenvalue weighted by molar-refractivity contribution is 7.99. The first-order valence-corrected chi connectivity index (χ1v) is 9.07. The molecule has 1 aromatic rings. The van der Waals surface area contributed by atoms with E-state index in [9.17, 15) is 0 Å². The molecule has 0 saturated carbocycles. The molecule has 1 atom stereocenters. The van der Waals surface area contributed by atoms with Crippen LogP contribution >= 0.6 is 11.8 Å². The molecule has 1 unspecified atom stereocenters. The van der Waals surface area contributed by atoms with Gasteiger partial charge < -0.3 is 14.8 Å². The number of nitrogens with one attached hydrogen (secondary N) is 1. The van der Waals surface area contributed by atoms with Crippen molar-refractivity contribution in [3.8, 4) is 11.5 Å². The van der Waals surface area contributed by atoms with E-state index in [0.717, 1.165) is 43.4 Å². The van der Waals surface area contributed by atoms with Crippen molar-refractivity contribution in [2.45, 2.75) is 50.5 Å². The number of fused-ring (bicyclic) bond motifs is 1. The molecule has 2 rings (SSSR count). The highest BCUT2D eigenvalue weighted by Crippen LogP contribution is 2.34. The molecule has 21 heavy (non-hydrogen) atoms. The summed E-state index contributed by atoms with van der Waals surface area (Å²) in [5.74, 6) is 2.88. The van der Waals surface area contributed by atoms with E-state index in [1.807, 2.05) is 17.8 Å². The average molecular weight is 309 g/mol. The van der Waals surface area contributed by atoms with Gasteiger partial charge in [-0.3, -0.25) is 0 Å². The summed E-state index contributed by atoms with van der Waals surface area (Å²) in [5.41, 5.74) is 0. The molecule has 118 valence electrons. The molecule has 1 heterocycles. The molecule has 1 aliphatic heterocycles. The van der Waals surface area contributed by atoms with Crippen LogP contribution in [0.2, 0.25) is 0 Å². The Bertz CT molecular complexity index is 425. The van der Waals surface area contributed by atoms with Gasteiger partial charge in [0.25, 0.3) is 0 Å². The minimum atomic E-state index is 0.593. The standard InChI is InChI=1S/C17H27NO2S/c1-3-6-14(18-9-4-2)13-21-15-7-8-16-17(12-15)20-11-5-10-19-16/h7-8,12,14,18H,3-6,9-11,13H2,1-2H3. The molecule has 0 amide bonds. The largest absolute Gasteiger partial charge is 0.490 e. The SMILES string of the molecule is CCCNC(CCC)CSc1ccc2c(c1)OCCCO2. The molecule has 0 fully saturated rings. The van der Waals surface area contributed by atoms with Crippen LogP contribution in [0.1, 0.15) is 39.5 Å². The van der Waals surface area contributed by atoms with Crippen LogP contribution in [0.3, 0.4) is 0 Å². The molecular formula is C17H27NO2S. The molecule has 1 aromatic carbocycles. The second kappa shape index (κ2) is 9.21. The van der Waals surface area contributed by atoms with E-state index in [1.165, 1.54) is 24.2 Å². The van der Waals surface area contributed by atoms with E-state index in [1.54, 1.807) is 0 Å². The molecule has 3 nitrogen and oxygen atoms in total. The fourth-order valence-corrected chi connectivity index (χ4v) is 3.40. The first-order chi connectivity index (χ1) is 10.3. The third-order valence-corrected chi connectivity index (χ3v) is 4.65. The quantitative estimate of drug-likeness (QED) is 0.732. The Morgan fingerprint density at radius 3 is 2.71 bits per heavy atom. The Labute approximate surface area is 132 Å². The van der Waals surface area contributed by atoms with Gasteiger partial charge in [-0.15, -0.1) is 11.8 Å². The Morgan fingerprint density at radius 2 is 1.95 bits per heavy atom. The van der Waals surface area contributed by atoms with E-state index in [-0.39, 0.29) is 0 Å². The highest BCUT2D eigenvalue weighted by atomic mass is 32.2. The molecule has 1 N–H and O–H groups in total. The summed E-state index contributed by atoms with van der Waals surface area (Å²) in [6.45, 7) is 7.06. The fourth-order valence-electron chi connectivity index (χ4n) is 2.37. The molecule has 1 aliphatic rings. The number of hydrogen-bond acceptors (Lipinski definition) is 4. The number of hydrogen-bond donors (Lipinski definition) is 1. The zero-order valence-electron chi connectivity index (χ0n) is 13.2. The van der Waals surface area contributed by atoms with Gasteiger partial charge in [0.05, 0.1) is 13.2 Å². The third-order valence-electron chi connectivity index (χ3n) is 3.49. The first-order valence-electron chi connectivity index (χ1n) is 8.09. The van der Waals surface area contributed by atoms with Gasteiger partial charge >= 0.3 is 0 Å². The molecule has 0 aliphatic carbocycles. The lowest BCUT2D eigenvalue weighted by Gasteiger charge is -2.17. The van der Waals surface area contributed by atoms with Crippen LogP contribution in [0, 0.1) is 0 Å². The Balaban J connectivity index is 1.91. The van der Waals surface area contributed by atoms with Gasteiger partial charge in [-0.05, 0) is 37.6 Å². The van der Waals surface area contributed by atoms with Gasteiger partial charge in [-0.1, -0.05) is 20.3 Å². The van der Waals surface area contributed by atoms with Crippen molar-refractivity contribution in [3.63, 3.8) is 0 Å². The van der Waals surface area contributed by atoms with E-state index in [0.29, 0.717) is 6.04 Å². The molecule has 4 heteroatoms. The maximum absolute atomic E-state index is 5.75. The van der Waals surface area contributed by atoms with Crippen molar-refractivity contribution in [2.24, 2.45) is 0 Å². The summed E-state index contributed by atoms with van der Waals surface area (Å²) in [4.78, 5) is 1.26. The monoisotopic (exact) mass is 309 g/mol. The van der Waals surface area contributed by atoms with Crippen LogP contribution in [-0.2, 0) is 0 Å². The second-order valence-electron chi connectivity index (χ2n) is 5.41. The smallest absolute Gasteiger partial charge is 0.162 e. The molecule has 0 radical (unpaired) electrons. The number of thioether (sulfide) groups is 1. The summed E-state index contributed by atoms with van der Waals surface area (Å²) in [6.07, 6.45) is 4.60. The summed E-state index contributed by atoms with van der Waals surface area (Å²) in [7, 11) is 0. The second-order valence-corrected chi connectivity index (χ2v) is 6.50. The number of rotatable bonds is 8. The fraction of sp³-hybridized carbons (Fsp3) is 0.647. The molecule has 0 saturated heterocycles. The minimum absolute atomic E-state index is 0.593. The molecular weight excluding hydrogens is 282 g/mol. The van der Waals surface area contributed by atoms with Crippen molar-refractivity contribution >= 4 is 11.8 Å². The normalized spacial score (nSPS) is 15.5. The van der Waals surface area contributed by atoms with Crippen LogP contribution in [0.25, 0.3) is 0 Å². The van der Waals surface area contributed by atoms with Gasteiger partial charge in [0, 0.05) is 23.1 Å². The summed E-state index contributed by atoms with van der Waals surface area (Å²) in [6, 6.07) is 6.89. The van der Waals surface area contributed by atoms with Crippen molar-refractivity contribution in [3.05, 3.63) is 18.2 Å². The first kappa shape index (κ1) is 16.5. The highest BCUT2D eigenvalue weighted by Gasteiger charge is 2.12. The minimum Gasteiger partial charge on any atom is -0.490 e. The Hall–Kier alpha value is -0.870. The third kappa shape index (κ3) is 5.44. The van der Waals surface area contributed by atoms with Crippen LogP contribution in [0.4, 0.5) is 0 Å². The van der Waals surface area contributed by atoms with E-state index in [2.05, 4.69) is 31.3 Å². The number of benzene rings is 1. The molecule has 0 aromatic heterocycles. The van der Waals surface area contributed by atoms with Gasteiger partial charge in [0.1, 0.15) is 0 Å². The average Bonchev–Trinajstić information content (AvgIpc) is 2.74. The van der Waals surface area contributed by atoms with Crippen molar-refractivity contribution in [2.75, 3.05) is 25.5 Å². The summed E-state index contributed by atoms with van der Waals surface area (Å²) in [5, 5.41) is 3.64. The van der Waals surface area contributed by atoms with Crippen molar-refractivity contribution in [1.82, 2.24) is 5.32 Å².